The van der Waals surface area contributed by atoms with E-state index in [9.17, 15) is 0 Å². The number of halogens is 3. The first-order valence-corrected chi connectivity index (χ1v) is 5.83. The molecule has 0 aliphatic carbocycles. The van der Waals surface area contributed by atoms with Gasteiger partial charge in [0.15, 0.2) is 0 Å². The fourth-order valence-electron chi connectivity index (χ4n) is 0.444. The highest BCUT2D eigenvalue weighted by molar-refractivity contribution is 6.65. The Kier molecular flexibility index (Phi) is 7.91. The van der Waals surface area contributed by atoms with Crippen molar-refractivity contribution in [3.05, 3.63) is 0 Å². The van der Waals surface area contributed by atoms with Crippen molar-refractivity contribution in [3.63, 3.8) is 0 Å². The second kappa shape index (κ2) is 7.34. The Labute approximate surface area is 87.6 Å². The molecule has 0 saturated heterocycles. The molecule has 0 amide bonds. The monoisotopic (exact) mass is 254 g/mol. The summed E-state index contributed by atoms with van der Waals surface area (Å²) in [4.78, 5) is 0. The lowest BCUT2D eigenvalue weighted by atomic mass is 10.4. The minimum Gasteiger partial charge on any atom is -0.349 e. The summed E-state index contributed by atoms with van der Waals surface area (Å²) in [5.74, 6) is 0. The molecule has 0 saturated carbocycles. The summed E-state index contributed by atoms with van der Waals surface area (Å²) in [5.41, 5.74) is 0. The van der Waals surface area contributed by atoms with Crippen molar-refractivity contribution in [2.75, 3.05) is 6.61 Å². The van der Waals surface area contributed by atoms with Crippen LogP contribution in [0.15, 0.2) is 0 Å². The highest BCUT2D eigenvalue weighted by Gasteiger charge is 2.47. The van der Waals surface area contributed by atoms with Gasteiger partial charge in [-0.1, -0.05) is 13.3 Å². The fourth-order valence-corrected chi connectivity index (χ4v) is 2.30. The summed E-state index contributed by atoms with van der Waals surface area (Å²) < 4.78 is 17.8. The van der Waals surface area contributed by atoms with Gasteiger partial charge in [0.1, 0.15) is 0 Å². The van der Waals surface area contributed by atoms with Crippen LogP contribution in [0.1, 0.15) is 19.8 Å². The highest BCUT2D eigenvalue weighted by Crippen LogP contribution is 2.17. The summed E-state index contributed by atoms with van der Waals surface area (Å²) >= 11 is 15.1. The summed E-state index contributed by atoms with van der Waals surface area (Å²) in [6.45, 7) is 2.37. The lowest BCUT2D eigenvalue weighted by Crippen LogP contribution is -2.42. The van der Waals surface area contributed by atoms with Gasteiger partial charge < -0.3 is 4.43 Å². The molecule has 0 aromatic carbocycles. The van der Waals surface area contributed by atoms with Gasteiger partial charge >= 0.3 is 9.05 Å². The van der Waals surface area contributed by atoms with Gasteiger partial charge in [0, 0.05) is 6.61 Å². The quantitative estimate of drug-likeness (QED) is 0.518. The van der Waals surface area contributed by atoms with Crippen LogP contribution >= 0.6 is 35.6 Å². The molecule has 0 aromatic heterocycles. The molecular weight excluding hydrogens is 246 g/mol. The third-order valence-electron chi connectivity index (χ3n) is 1.06. The van der Waals surface area contributed by atoms with E-state index in [2.05, 4.69) is 11.9 Å². The van der Waals surface area contributed by atoms with Crippen LogP contribution in [-0.2, 0) is 16.4 Å². The van der Waals surface area contributed by atoms with Gasteiger partial charge in [-0.15, -0.1) is 0 Å². The molecule has 0 fully saturated rings. The average molecular weight is 256 g/mol. The molecule has 0 atom stereocenters. The van der Waals surface area contributed by atoms with Crippen molar-refractivity contribution in [1.29, 1.82) is 0 Å². The average Bonchev–Trinajstić information content (AvgIpc) is 2.14. The molecule has 8 heteroatoms. The molecule has 4 nitrogen and oxygen atoms in total. The first kappa shape index (κ1) is 12.9. The standard InChI is InChI=1S/C4H9Cl3O4Si/c1-2-3-4-8-12(9-5,10-6)11-7/h2-4H2,1H3. The largest absolute Gasteiger partial charge is 0.730 e. The second-order valence-electron chi connectivity index (χ2n) is 1.93. The molecule has 0 aromatic rings. The van der Waals surface area contributed by atoms with Gasteiger partial charge in [-0.3, -0.25) is 0 Å². The molecule has 74 valence electrons. The van der Waals surface area contributed by atoms with Crippen LogP contribution in [0, 0.1) is 0 Å². The predicted octanol–water partition coefficient (Wildman–Crippen LogP) is 2.75. The van der Waals surface area contributed by atoms with E-state index < -0.39 is 9.05 Å². The van der Waals surface area contributed by atoms with Gasteiger partial charge in [-0.05, 0) is 6.42 Å². The van der Waals surface area contributed by atoms with Crippen molar-refractivity contribution in [2.24, 2.45) is 0 Å². The van der Waals surface area contributed by atoms with E-state index in [1.165, 1.54) is 0 Å². The van der Waals surface area contributed by atoms with Crippen LogP contribution in [0.25, 0.3) is 0 Å². The predicted molar refractivity (Wildman–Crippen MR) is 47.4 cm³/mol. The molecule has 0 rings (SSSR count). The topological polar surface area (TPSA) is 36.9 Å². The summed E-state index contributed by atoms with van der Waals surface area (Å²) in [6, 6.07) is 0. The molecule has 0 bridgehead atoms. The molecule has 0 N–H and O–H groups in total. The van der Waals surface area contributed by atoms with Crippen LogP contribution in [0.4, 0.5) is 0 Å². The Morgan fingerprint density at radius 2 is 1.58 bits per heavy atom. The smallest absolute Gasteiger partial charge is 0.349 e. The van der Waals surface area contributed by atoms with E-state index in [1.54, 1.807) is 0 Å². The first-order chi connectivity index (χ1) is 5.74. The Bertz CT molecular complexity index is 104. The Morgan fingerprint density at radius 1 is 1.08 bits per heavy atom. The fraction of sp³-hybridized carbons (Fsp3) is 1.00. The third kappa shape index (κ3) is 4.24. The number of unbranched alkanes of at least 4 members (excludes halogenated alkanes) is 1. The van der Waals surface area contributed by atoms with Gasteiger partial charge in [0.25, 0.3) is 0 Å². The molecule has 0 heterocycles. The van der Waals surface area contributed by atoms with Crippen LogP contribution in [0.3, 0.4) is 0 Å². The zero-order valence-electron chi connectivity index (χ0n) is 6.39. The Morgan fingerprint density at radius 3 is 1.92 bits per heavy atom. The van der Waals surface area contributed by atoms with Gasteiger partial charge in [-0.2, -0.15) is 0 Å². The zero-order chi connectivity index (χ0) is 9.45. The molecule has 0 aliphatic heterocycles. The van der Waals surface area contributed by atoms with Crippen molar-refractivity contribution < 1.29 is 16.4 Å². The normalized spacial score (nSPS) is 12.0. The van der Waals surface area contributed by atoms with E-state index in [4.69, 9.17) is 40.0 Å². The molecule has 0 unspecified atom stereocenters. The van der Waals surface area contributed by atoms with Crippen molar-refractivity contribution >= 4 is 44.6 Å². The van der Waals surface area contributed by atoms with E-state index in [1.807, 2.05) is 6.92 Å². The number of rotatable bonds is 7. The lowest BCUT2D eigenvalue weighted by molar-refractivity contribution is 0.103. The van der Waals surface area contributed by atoms with Crippen molar-refractivity contribution in [1.82, 2.24) is 0 Å². The van der Waals surface area contributed by atoms with Crippen LogP contribution in [-0.4, -0.2) is 15.7 Å². The summed E-state index contributed by atoms with van der Waals surface area (Å²) in [6.07, 6.45) is 1.77. The van der Waals surface area contributed by atoms with Crippen molar-refractivity contribution in [2.45, 2.75) is 19.8 Å². The first-order valence-electron chi connectivity index (χ1n) is 3.28. The third-order valence-corrected chi connectivity index (χ3v) is 3.89. The van der Waals surface area contributed by atoms with Gasteiger partial charge in [0.2, 0.25) is 0 Å². The minimum atomic E-state index is -3.46. The molecule has 0 radical (unpaired) electrons. The van der Waals surface area contributed by atoms with Gasteiger partial charge in [-0.25, -0.2) is 11.9 Å². The SMILES string of the molecule is CCCCO[Si](OCl)(OCl)OCl. The van der Waals surface area contributed by atoms with E-state index in [0.29, 0.717) is 6.61 Å². The highest BCUT2D eigenvalue weighted by atomic mass is 35.5. The molecule has 0 aliphatic rings. The summed E-state index contributed by atoms with van der Waals surface area (Å²) in [7, 11) is -3.46. The zero-order valence-corrected chi connectivity index (χ0v) is 9.66. The molecular formula is C4H9Cl3O4Si. The maximum Gasteiger partial charge on any atom is 0.730 e. The van der Waals surface area contributed by atoms with Crippen LogP contribution < -0.4 is 0 Å². The second-order valence-corrected chi connectivity index (χ2v) is 5.07. The van der Waals surface area contributed by atoms with Crippen molar-refractivity contribution in [3.8, 4) is 0 Å². The minimum absolute atomic E-state index is 0.370. The van der Waals surface area contributed by atoms with E-state index in [-0.39, 0.29) is 0 Å². The van der Waals surface area contributed by atoms with E-state index >= 15 is 0 Å². The van der Waals surface area contributed by atoms with Crippen LogP contribution in [0.2, 0.25) is 0 Å². The maximum atomic E-state index is 5.02. The lowest BCUT2D eigenvalue weighted by Gasteiger charge is -2.16. The Hall–Kier alpha value is 0.927. The number of hydrogen-bond donors (Lipinski definition) is 0. The molecule has 12 heavy (non-hydrogen) atoms. The van der Waals surface area contributed by atoms with Crippen LogP contribution in [0.5, 0.6) is 0 Å². The Balaban J connectivity index is 3.76. The van der Waals surface area contributed by atoms with E-state index in [0.717, 1.165) is 12.8 Å². The maximum absolute atomic E-state index is 5.02. The summed E-state index contributed by atoms with van der Waals surface area (Å²) in [5, 5.41) is 0. The molecule has 0 spiro atoms. The number of hydrogen-bond acceptors (Lipinski definition) is 4. The van der Waals surface area contributed by atoms with Gasteiger partial charge in [0.05, 0.1) is 35.6 Å².